The number of carbonyl (C=O) groups is 1. The molecular weight excluding hydrogens is 423 g/mol. The number of pyridine rings is 1. The van der Waals surface area contributed by atoms with Crippen molar-refractivity contribution in [3.8, 4) is 11.1 Å². The highest BCUT2D eigenvalue weighted by Crippen LogP contribution is 2.50. The maximum atomic E-state index is 14.4. The van der Waals surface area contributed by atoms with Crippen LogP contribution in [0.5, 0.6) is 0 Å². The molecule has 5 rings (SSSR count). The third-order valence-electron chi connectivity index (χ3n) is 7.01. The number of aliphatic hydroxyl groups is 1. The molecule has 3 aromatic rings. The fraction of sp³-hybridized carbons (Fsp3) is 0.308. The summed E-state index contributed by atoms with van der Waals surface area (Å²) in [6.07, 6.45) is 0. The number of rotatable bonds is 5. The number of methoxy groups -OCH3 is 1. The number of aliphatic hydroxyl groups excluding tert-OH is 1. The van der Waals surface area contributed by atoms with Gasteiger partial charge in [-0.05, 0) is 23.8 Å². The monoisotopic (exact) mass is 448 g/mol. The van der Waals surface area contributed by atoms with E-state index in [1.807, 2.05) is 41.3 Å². The summed E-state index contributed by atoms with van der Waals surface area (Å²) in [5.74, 6) is -1.37. The van der Waals surface area contributed by atoms with Crippen molar-refractivity contribution in [3.63, 3.8) is 0 Å². The largest absolute Gasteiger partial charge is 0.468 e. The molecule has 1 saturated heterocycles. The van der Waals surface area contributed by atoms with Gasteiger partial charge in [-0.3, -0.25) is 14.5 Å². The minimum atomic E-state index is -0.620. The molecule has 1 fully saturated rings. The molecule has 0 aliphatic carbocycles. The van der Waals surface area contributed by atoms with Gasteiger partial charge in [-0.15, -0.1) is 0 Å². The SMILES string of the molecule is COC(=O)[C@H]1[C@H](CO)[C@H]2Cn3c(ccc(-c4ccccc4F)c3=O)[C@H]2N1Cc1ccccc1. The zero-order valence-corrected chi connectivity index (χ0v) is 18.2. The zero-order valence-electron chi connectivity index (χ0n) is 18.2. The number of esters is 1. The van der Waals surface area contributed by atoms with Gasteiger partial charge in [0.25, 0.3) is 5.56 Å². The first-order valence-electron chi connectivity index (χ1n) is 11.0. The number of nitrogens with zero attached hydrogens (tertiary/aromatic N) is 2. The number of likely N-dealkylation sites (tertiary alicyclic amines) is 1. The van der Waals surface area contributed by atoms with Gasteiger partial charge in [-0.2, -0.15) is 0 Å². The summed E-state index contributed by atoms with van der Waals surface area (Å²) in [5.41, 5.74) is 2.09. The van der Waals surface area contributed by atoms with Crippen molar-refractivity contribution < 1.29 is 19.0 Å². The lowest BCUT2D eigenvalue weighted by Gasteiger charge is -2.30. The molecule has 1 aromatic heterocycles. The molecule has 4 atom stereocenters. The van der Waals surface area contributed by atoms with E-state index in [1.54, 1.807) is 28.8 Å². The summed E-state index contributed by atoms with van der Waals surface area (Å²) in [6, 6.07) is 18.7. The maximum Gasteiger partial charge on any atom is 0.323 e. The number of halogens is 1. The molecule has 2 aliphatic heterocycles. The van der Waals surface area contributed by atoms with Gasteiger partial charge in [-0.25, -0.2) is 4.39 Å². The lowest BCUT2D eigenvalue weighted by atomic mass is 9.88. The Morgan fingerprint density at radius 3 is 2.48 bits per heavy atom. The molecule has 170 valence electrons. The molecule has 0 bridgehead atoms. The van der Waals surface area contributed by atoms with Gasteiger partial charge in [0, 0.05) is 42.8 Å². The highest BCUT2D eigenvalue weighted by Gasteiger charge is 2.56. The molecule has 33 heavy (non-hydrogen) atoms. The van der Waals surface area contributed by atoms with E-state index in [0.29, 0.717) is 18.7 Å². The van der Waals surface area contributed by atoms with Crippen LogP contribution in [0.1, 0.15) is 17.3 Å². The average molecular weight is 448 g/mol. The van der Waals surface area contributed by atoms with E-state index in [2.05, 4.69) is 0 Å². The number of fused-ring (bicyclic) bond motifs is 3. The Balaban J connectivity index is 1.61. The van der Waals surface area contributed by atoms with Crippen molar-refractivity contribution in [2.24, 2.45) is 11.8 Å². The van der Waals surface area contributed by atoms with Crippen LogP contribution in [0.3, 0.4) is 0 Å². The Hall–Kier alpha value is -3.29. The smallest absolute Gasteiger partial charge is 0.323 e. The number of benzene rings is 2. The van der Waals surface area contributed by atoms with Crippen LogP contribution in [0.25, 0.3) is 11.1 Å². The van der Waals surface area contributed by atoms with Gasteiger partial charge in [0.1, 0.15) is 11.9 Å². The van der Waals surface area contributed by atoms with Crippen LogP contribution in [0, 0.1) is 17.7 Å². The fourth-order valence-electron chi connectivity index (χ4n) is 5.55. The Morgan fingerprint density at radius 2 is 1.79 bits per heavy atom. The Kier molecular flexibility index (Phi) is 5.60. The number of aromatic nitrogens is 1. The molecule has 6 nitrogen and oxygen atoms in total. The zero-order chi connectivity index (χ0) is 23.1. The Morgan fingerprint density at radius 1 is 1.06 bits per heavy atom. The van der Waals surface area contributed by atoms with Gasteiger partial charge in [0.05, 0.1) is 18.7 Å². The van der Waals surface area contributed by atoms with Crippen LogP contribution in [-0.2, 0) is 22.6 Å². The van der Waals surface area contributed by atoms with Crippen LogP contribution >= 0.6 is 0 Å². The molecule has 2 aromatic carbocycles. The molecule has 3 heterocycles. The number of carbonyl (C=O) groups excluding carboxylic acids is 1. The van der Waals surface area contributed by atoms with E-state index in [0.717, 1.165) is 11.3 Å². The molecule has 1 N–H and O–H groups in total. The Bertz CT molecular complexity index is 1240. The predicted molar refractivity (Wildman–Crippen MR) is 121 cm³/mol. The molecule has 7 heteroatoms. The minimum absolute atomic E-state index is 0.147. The number of ether oxygens (including phenoxy) is 1. The number of hydrogen-bond donors (Lipinski definition) is 1. The average Bonchev–Trinajstić information content (AvgIpc) is 3.36. The van der Waals surface area contributed by atoms with Crippen molar-refractivity contribution in [3.05, 3.63) is 94.2 Å². The molecule has 0 unspecified atom stereocenters. The van der Waals surface area contributed by atoms with Gasteiger partial charge in [-0.1, -0.05) is 48.5 Å². The van der Waals surface area contributed by atoms with Crippen LogP contribution in [-0.4, -0.2) is 40.3 Å². The quantitative estimate of drug-likeness (QED) is 0.608. The normalized spacial score (nSPS) is 23.8. The van der Waals surface area contributed by atoms with Crippen molar-refractivity contribution in [2.45, 2.75) is 25.2 Å². The predicted octanol–water partition coefficient (Wildman–Crippen LogP) is 2.99. The summed E-state index contributed by atoms with van der Waals surface area (Å²) >= 11 is 0. The van der Waals surface area contributed by atoms with Crippen LogP contribution < -0.4 is 5.56 Å². The summed E-state index contributed by atoms with van der Waals surface area (Å²) in [4.78, 5) is 28.2. The van der Waals surface area contributed by atoms with Crippen molar-refractivity contribution in [1.29, 1.82) is 0 Å². The Labute approximate surface area is 190 Å². The second-order valence-electron chi connectivity index (χ2n) is 8.65. The molecule has 0 spiro atoms. The highest BCUT2D eigenvalue weighted by molar-refractivity contribution is 5.77. The van der Waals surface area contributed by atoms with Gasteiger partial charge in [0.2, 0.25) is 0 Å². The highest BCUT2D eigenvalue weighted by atomic mass is 19.1. The van der Waals surface area contributed by atoms with Gasteiger partial charge >= 0.3 is 5.97 Å². The standard InChI is InChI=1S/C26H25FN2O4/c1-33-26(32)24-20(15-30)19-14-28-22(23(19)29(24)13-16-7-3-2-4-8-16)12-11-18(25(28)31)17-9-5-6-10-21(17)27/h2-12,19-20,23-24,30H,13-15H2,1H3/t19-,20-,23+,24-/m1/s1. The third-order valence-corrected chi connectivity index (χ3v) is 7.01. The summed E-state index contributed by atoms with van der Waals surface area (Å²) in [7, 11) is 1.35. The first-order valence-corrected chi connectivity index (χ1v) is 11.0. The van der Waals surface area contributed by atoms with Crippen molar-refractivity contribution in [1.82, 2.24) is 9.47 Å². The summed E-state index contributed by atoms with van der Waals surface area (Å²) in [6.45, 7) is 0.627. The second kappa shape index (κ2) is 8.57. The topological polar surface area (TPSA) is 71.8 Å². The molecule has 0 radical (unpaired) electrons. The lowest BCUT2D eigenvalue weighted by Crippen LogP contribution is -2.43. The third kappa shape index (κ3) is 3.48. The second-order valence-corrected chi connectivity index (χ2v) is 8.65. The van der Waals surface area contributed by atoms with E-state index in [-0.39, 0.29) is 35.6 Å². The van der Waals surface area contributed by atoms with E-state index in [1.165, 1.54) is 13.2 Å². The fourth-order valence-corrected chi connectivity index (χ4v) is 5.55. The summed E-state index contributed by atoms with van der Waals surface area (Å²) in [5, 5.41) is 10.3. The van der Waals surface area contributed by atoms with E-state index in [9.17, 15) is 19.1 Å². The minimum Gasteiger partial charge on any atom is -0.468 e. The van der Waals surface area contributed by atoms with Crippen molar-refractivity contribution in [2.75, 3.05) is 13.7 Å². The van der Waals surface area contributed by atoms with Crippen LogP contribution in [0.2, 0.25) is 0 Å². The van der Waals surface area contributed by atoms with Gasteiger partial charge < -0.3 is 14.4 Å². The lowest BCUT2D eigenvalue weighted by molar-refractivity contribution is -0.148. The van der Waals surface area contributed by atoms with E-state index >= 15 is 0 Å². The number of hydrogen-bond acceptors (Lipinski definition) is 5. The summed E-state index contributed by atoms with van der Waals surface area (Å²) < 4.78 is 21.2. The van der Waals surface area contributed by atoms with E-state index < -0.39 is 17.8 Å². The molecule has 2 aliphatic rings. The first kappa shape index (κ1) is 21.6. The van der Waals surface area contributed by atoms with Gasteiger partial charge in [0.15, 0.2) is 0 Å². The van der Waals surface area contributed by atoms with E-state index in [4.69, 9.17) is 4.74 Å². The first-order chi connectivity index (χ1) is 16.0. The van der Waals surface area contributed by atoms with Crippen LogP contribution in [0.4, 0.5) is 4.39 Å². The maximum absolute atomic E-state index is 14.4. The van der Waals surface area contributed by atoms with Crippen molar-refractivity contribution >= 4 is 5.97 Å². The molecule has 0 amide bonds. The van der Waals surface area contributed by atoms with Crippen LogP contribution in [0.15, 0.2) is 71.5 Å². The molecule has 0 saturated carbocycles. The molecular formula is C26H25FN2O4.